The van der Waals surface area contributed by atoms with Gasteiger partial charge in [-0.3, -0.25) is 9.59 Å². The molecule has 0 rings (SSSR count). The summed E-state index contributed by atoms with van der Waals surface area (Å²) < 4.78 is 31.5. The molecule has 17 nitrogen and oxygen atoms in total. The highest BCUT2D eigenvalue weighted by Crippen LogP contribution is 2.01. The van der Waals surface area contributed by atoms with Gasteiger partial charge in [0.05, 0.1) is 66.1 Å². The van der Waals surface area contributed by atoms with Gasteiger partial charge >= 0.3 is 5.97 Å². The van der Waals surface area contributed by atoms with Crippen LogP contribution in [0.15, 0.2) is 15.3 Å². The zero-order valence-corrected chi connectivity index (χ0v) is 25.3. The molecule has 2 amide bonds. The van der Waals surface area contributed by atoms with Gasteiger partial charge in [0.1, 0.15) is 49.6 Å². The Hall–Kier alpha value is -2.92. The molecule has 0 spiro atoms. The summed E-state index contributed by atoms with van der Waals surface area (Å²) in [5, 5.41) is 25.1. The van der Waals surface area contributed by atoms with Crippen molar-refractivity contribution >= 4 is 17.8 Å². The lowest BCUT2D eigenvalue weighted by Crippen LogP contribution is -2.42. The van der Waals surface area contributed by atoms with Crippen molar-refractivity contribution in [1.29, 1.82) is 0 Å². The molecule has 42 heavy (non-hydrogen) atoms. The molecule has 0 bridgehead atoms. The molecule has 5 N–H and O–H groups in total. The summed E-state index contributed by atoms with van der Waals surface area (Å²) >= 11 is 0. The number of nitrogens with one attached hydrogen (secondary N) is 2. The molecule has 0 radical (unpaired) electrons. The number of carbonyl (C=O) groups excluding carboxylic acids is 2. The lowest BCUT2D eigenvalue weighted by Gasteiger charge is -2.15. The van der Waals surface area contributed by atoms with Crippen molar-refractivity contribution in [2.75, 3.05) is 106 Å². The van der Waals surface area contributed by atoms with Crippen LogP contribution in [0, 0.1) is 0 Å². The minimum absolute atomic E-state index is 0.103. The maximum atomic E-state index is 12.0. The lowest BCUT2D eigenvalue weighted by molar-refractivity contribution is -0.223. The number of ether oxygens (including phenoxy) is 6. The number of unbranched alkanes of at least 4 members (excludes halogenated alkanes) is 1. The number of carboxylic acid groups (broad SMARTS) is 1. The number of hydrogen-bond donors (Lipinski definition) is 4. The Balaban J connectivity index is 0. The van der Waals surface area contributed by atoms with E-state index in [-0.39, 0.29) is 45.4 Å². The molecule has 0 saturated carbocycles. The fourth-order valence-corrected chi connectivity index (χ4v) is 2.79. The van der Waals surface area contributed by atoms with Crippen molar-refractivity contribution in [2.45, 2.75) is 39.2 Å². The summed E-state index contributed by atoms with van der Waals surface area (Å²) in [6.45, 7) is 8.31. The second-order valence-corrected chi connectivity index (χ2v) is 7.92. The third-order valence-electron chi connectivity index (χ3n) is 4.68. The smallest absolute Gasteiger partial charge is 0.326 e. The van der Waals surface area contributed by atoms with Crippen molar-refractivity contribution in [3.63, 3.8) is 0 Å². The van der Waals surface area contributed by atoms with Crippen LogP contribution in [0.3, 0.4) is 0 Å². The Morgan fingerprint density at radius 3 is 1.79 bits per heavy atom. The Bertz CT molecular complexity index is 740. The number of nitrogens with zero attached hydrogens (tertiary/aromatic N) is 4. The van der Waals surface area contributed by atoms with Crippen LogP contribution in [0.4, 0.5) is 0 Å². The Morgan fingerprint density at radius 2 is 1.26 bits per heavy atom. The second kappa shape index (κ2) is 34.3. The minimum Gasteiger partial charge on any atom is -0.480 e. The van der Waals surface area contributed by atoms with Crippen LogP contribution < -0.4 is 21.1 Å². The van der Waals surface area contributed by atoms with Crippen molar-refractivity contribution < 1.29 is 53.4 Å². The molecule has 244 valence electrons. The highest BCUT2D eigenvalue weighted by Gasteiger charge is 2.19. The molecule has 1 atom stereocenters. The highest BCUT2D eigenvalue weighted by atomic mass is 16.5. The topological polar surface area (TPSA) is 228 Å². The van der Waals surface area contributed by atoms with Gasteiger partial charge in [-0.15, -0.1) is 0 Å². The third kappa shape index (κ3) is 31.6. The van der Waals surface area contributed by atoms with Gasteiger partial charge < -0.3 is 44.2 Å². The molecular weight excluding hydrogens is 558 g/mol. The normalized spacial score (nSPS) is 10.9. The first-order valence-corrected chi connectivity index (χ1v) is 14.1. The maximum absolute atomic E-state index is 12.0. The Kier molecular flexibility index (Phi) is 33.6. The molecule has 0 saturated heterocycles. The van der Waals surface area contributed by atoms with Gasteiger partial charge in [-0.2, -0.15) is 5.53 Å². The Labute approximate surface area is 247 Å². The number of amides is 2. The van der Waals surface area contributed by atoms with Crippen molar-refractivity contribution in [2.24, 2.45) is 15.3 Å². The molecule has 0 aliphatic rings. The predicted octanol–water partition coefficient (Wildman–Crippen LogP) is -1.22. The van der Waals surface area contributed by atoms with E-state index in [0.717, 1.165) is 0 Å². The molecule has 0 aliphatic heterocycles. The zero-order valence-electron chi connectivity index (χ0n) is 25.3. The summed E-state index contributed by atoms with van der Waals surface area (Å²) in [6.07, 6.45) is 1.25. The van der Waals surface area contributed by atoms with E-state index in [1.807, 2.05) is 13.8 Å². The average molecular weight is 610 g/mol. The van der Waals surface area contributed by atoms with E-state index < -0.39 is 17.9 Å². The fourth-order valence-electron chi connectivity index (χ4n) is 2.79. The van der Waals surface area contributed by atoms with Crippen molar-refractivity contribution in [3.05, 3.63) is 0 Å². The van der Waals surface area contributed by atoms with Crippen LogP contribution in [0.2, 0.25) is 0 Å². The molecule has 0 aromatic carbocycles. The zero-order chi connectivity index (χ0) is 31.5. The van der Waals surface area contributed by atoms with E-state index in [2.05, 4.69) is 30.9 Å². The third-order valence-corrected chi connectivity index (χ3v) is 4.68. The van der Waals surface area contributed by atoms with Gasteiger partial charge in [-0.05, 0) is 24.4 Å². The van der Waals surface area contributed by atoms with Crippen LogP contribution in [0.5, 0.6) is 0 Å². The van der Waals surface area contributed by atoms with E-state index >= 15 is 0 Å². The molecule has 0 fully saturated rings. The summed E-state index contributed by atoms with van der Waals surface area (Å²) in [7, 11) is 1.53. The summed E-state index contributed by atoms with van der Waals surface area (Å²) in [5.41, 5.74) is 4.99. The predicted molar refractivity (Wildman–Crippen MR) is 150 cm³/mol. The van der Waals surface area contributed by atoms with Gasteiger partial charge in [0.2, 0.25) is 16.7 Å². The van der Waals surface area contributed by atoms with E-state index in [0.29, 0.717) is 78.7 Å². The van der Waals surface area contributed by atoms with Gasteiger partial charge in [-0.25, -0.2) is 4.79 Å². The van der Waals surface area contributed by atoms with Crippen LogP contribution in [0.1, 0.15) is 33.1 Å². The number of hydrogen-bond acceptors (Lipinski definition) is 12. The molecule has 1 unspecified atom stereocenters. The SMILES string of the molecule is CC.CN=[N+]=NCCOCCOCCOCC(=O)NC(CCCCNC(=O)COCCOCCOCCN=[NH2+])C(=O)O. The van der Waals surface area contributed by atoms with Gasteiger partial charge in [0.15, 0.2) is 0 Å². The quantitative estimate of drug-likeness (QED) is 0.0449. The molecule has 0 aliphatic carbocycles. The molecule has 0 aromatic rings. The molecule has 17 heteroatoms. The van der Waals surface area contributed by atoms with Crippen molar-refractivity contribution in [1.82, 2.24) is 15.5 Å². The standard InChI is InChI=1S/C23H43N7O10.C2H6/c1-25-30-28-7-9-36-11-13-38-15-17-40-19-22(32)29-20(23(33)34)4-2-3-5-26-21(31)18-39-16-14-37-12-10-35-8-6-27-24;1-2/h20,24H,2-19H2,1H3,(H2-,26,29,31,32,33,34);1-2H3/p+2. The molecule has 0 heterocycles. The van der Waals surface area contributed by atoms with Gasteiger partial charge in [-0.1, -0.05) is 13.8 Å². The summed E-state index contributed by atoms with van der Waals surface area (Å²) in [6, 6.07) is -1.05. The van der Waals surface area contributed by atoms with E-state index in [4.69, 9.17) is 34.0 Å². The van der Waals surface area contributed by atoms with Crippen LogP contribution in [-0.2, 0) is 42.8 Å². The average Bonchev–Trinajstić information content (AvgIpc) is 2.98. The minimum atomic E-state index is -1.14. The lowest BCUT2D eigenvalue weighted by atomic mass is 10.1. The first kappa shape index (κ1) is 41.2. The number of nitrogens with two attached hydrogens (primary N) is 1. The largest absolute Gasteiger partial charge is 0.480 e. The van der Waals surface area contributed by atoms with E-state index in [9.17, 15) is 19.5 Å². The van der Waals surface area contributed by atoms with Crippen molar-refractivity contribution in [3.8, 4) is 0 Å². The molecule has 0 aromatic heterocycles. The maximum Gasteiger partial charge on any atom is 0.326 e. The second-order valence-electron chi connectivity index (χ2n) is 7.92. The van der Waals surface area contributed by atoms with E-state index in [1.54, 1.807) is 0 Å². The van der Waals surface area contributed by atoms with Gasteiger partial charge in [0.25, 0.3) is 0 Å². The number of rotatable bonds is 29. The van der Waals surface area contributed by atoms with Gasteiger partial charge in [0, 0.05) is 6.54 Å². The number of carboxylic acids is 1. The van der Waals surface area contributed by atoms with Crippen LogP contribution in [0.25, 0.3) is 0 Å². The highest BCUT2D eigenvalue weighted by molar-refractivity contribution is 5.84. The summed E-state index contributed by atoms with van der Waals surface area (Å²) in [4.78, 5) is 38.7. The van der Waals surface area contributed by atoms with Crippen LogP contribution in [-0.4, -0.2) is 135 Å². The van der Waals surface area contributed by atoms with Crippen LogP contribution >= 0.6 is 0 Å². The monoisotopic (exact) mass is 609 g/mol. The number of aliphatic carboxylic acids is 1. The Morgan fingerprint density at radius 1 is 0.762 bits per heavy atom. The summed E-state index contributed by atoms with van der Waals surface area (Å²) in [5.74, 6) is -1.95. The first-order chi connectivity index (χ1) is 20.5. The van der Waals surface area contributed by atoms with E-state index in [1.165, 1.54) is 7.05 Å². The first-order valence-electron chi connectivity index (χ1n) is 14.1. The molecular formula is C25H51N7O10+2. The number of carbonyl (C=O) groups is 3. The fraction of sp³-hybridized carbons (Fsp3) is 0.880.